The van der Waals surface area contributed by atoms with Crippen LogP contribution in [-0.2, 0) is 17.9 Å². The number of hydrogen-bond donors (Lipinski definition) is 1. The van der Waals surface area contributed by atoms with E-state index in [-0.39, 0.29) is 12.5 Å². The van der Waals surface area contributed by atoms with Gasteiger partial charge in [0.1, 0.15) is 5.75 Å². The topological polar surface area (TPSA) is 41.6 Å². The van der Waals surface area contributed by atoms with E-state index in [4.69, 9.17) is 4.74 Å². The van der Waals surface area contributed by atoms with Gasteiger partial charge in [-0.3, -0.25) is 9.69 Å². The molecule has 0 saturated carbocycles. The molecule has 26 heavy (non-hydrogen) atoms. The number of aryl methyl sites for hydroxylation is 2. The van der Waals surface area contributed by atoms with E-state index in [1.54, 1.807) is 0 Å². The van der Waals surface area contributed by atoms with E-state index in [1.165, 1.54) is 5.56 Å². The van der Waals surface area contributed by atoms with Crippen LogP contribution in [0, 0.1) is 13.8 Å². The first-order valence-electron chi connectivity index (χ1n) is 9.28. The van der Waals surface area contributed by atoms with Crippen LogP contribution in [0.4, 0.5) is 0 Å². The summed E-state index contributed by atoms with van der Waals surface area (Å²) in [6, 6.07) is 14.4. The lowest BCUT2D eigenvalue weighted by molar-refractivity contribution is -0.123. The Morgan fingerprint density at radius 1 is 1.00 bits per heavy atom. The van der Waals surface area contributed by atoms with E-state index >= 15 is 0 Å². The molecule has 0 atom stereocenters. The minimum atomic E-state index is -0.113. The summed E-state index contributed by atoms with van der Waals surface area (Å²) >= 11 is 0. The Kier molecular flexibility index (Phi) is 7.67. The van der Waals surface area contributed by atoms with E-state index in [0.29, 0.717) is 6.54 Å². The molecule has 0 unspecified atom stereocenters. The lowest BCUT2D eigenvalue weighted by atomic mass is 10.1. The van der Waals surface area contributed by atoms with Crippen LogP contribution >= 0.6 is 0 Å². The molecule has 0 radical (unpaired) electrons. The Morgan fingerprint density at radius 2 is 1.65 bits per heavy atom. The van der Waals surface area contributed by atoms with E-state index < -0.39 is 0 Å². The first-order valence-corrected chi connectivity index (χ1v) is 9.28. The minimum absolute atomic E-state index is 0.0321. The summed E-state index contributed by atoms with van der Waals surface area (Å²) in [5.41, 5.74) is 4.54. The first kappa shape index (κ1) is 20.0. The molecule has 0 aliphatic carbocycles. The molecule has 4 nitrogen and oxygen atoms in total. The lowest BCUT2D eigenvalue weighted by Gasteiger charge is -2.18. The quantitative estimate of drug-likeness (QED) is 0.744. The van der Waals surface area contributed by atoms with Gasteiger partial charge in [-0.2, -0.15) is 0 Å². The van der Waals surface area contributed by atoms with Crippen molar-refractivity contribution in [1.82, 2.24) is 10.2 Å². The number of ether oxygens (including phenoxy) is 1. The normalized spacial score (nSPS) is 10.8. The number of nitrogens with zero attached hydrogens (tertiary/aromatic N) is 1. The summed E-state index contributed by atoms with van der Waals surface area (Å²) in [4.78, 5) is 14.4. The third-order valence-electron chi connectivity index (χ3n) is 4.52. The van der Waals surface area contributed by atoms with Gasteiger partial charge in [0.05, 0.1) is 0 Å². The molecule has 0 spiro atoms. The molecule has 1 amide bonds. The van der Waals surface area contributed by atoms with Gasteiger partial charge < -0.3 is 10.1 Å². The van der Waals surface area contributed by atoms with Crippen LogP contribution in [0.25, 0.3) is 0 Å². The Balaban J connectivity index is 1.79. The van der Waals surface area contributed by atoms with Gasteiger partial charge in [0.15, 0.2) is 6.61 Å². The second-order valence-electron chi connectivity index (χ2n) is 6.61. The molecule has 0 aliphatic rings. The fraction of sp³-hybridized carbons (Fsp3) is 0.409. The number of carbonyl (C=O) groups is 1. The van der Waals surface area contributed by atoms with Crippen molar-refractivity contribution in [3.8, 4) is 5.75 Å². The summed E-state index contributed by atoms with van der Waals surface area (Å²) < 4.78 is 5.64. The van der Waals surface area contributed by atoms with Crippen molar-refractivity contribution < 1.29 is 9.53 Å². The summed E-state index contributed by atoms with van der Waals surface area (Å²) in [7, 11) is 0. The van der Waals surface area contributed by atoms with E-state index in [9.17, 15) is 4.79 Å². The predicted molar refractivity (Wildman–Crippen MR) is 106 cm³/mol. The molecule has 2 aromatic rings. The third-order valence-corrected chi connectivity index (χ3v) is 4.52. The number of benzene rings is 2. The number of amides is 1. The second kappa shape index (κ2) is 9.97. The van der Waals surface area contributed by atoms with Crippen LogP contribution in [0.15, 0.2) is 42.5 Å². The van der Waals surface area contributed by atoms with E-state index in [2.05, 4.69) is 48.3 Å². The van der Waals surface area contributed by atoms with Gasteiger partial charge in [-0.15, -0.1) is 0 Å². The van der Waals surface area contributed by atoms with Gasteiger partial charge in [0, 0.05) is 13.1 Å². The molecule has 0 fully saturated rings. The van der Waals surface area contributed by atoms with Crippen LogP contribution in [-0.4, -0.2) is 30.5 Å². The lowest BCUT2D eigenvalue weighted by Crippen LogP contribution is -2.28. The molecule has 0 saturated heterocycles. The summed E-state index contributed by atoms with van der Waals surface area (Å²) in [6.07, 6.45) is 0. The van der Waals surface area contributed by atoms with Crippen molar-refractivity contribution in [2.24, 2.45) is 0 Å². The summed E-state index contributed by atoms with van der Waals surface area (Å²) in [6.45, 7) is 11.9. The molecule has 0 heterocycles. The number of carbonyl (C=O) groups excluding carboxylic acids is 1. The average molecular weight is 354 g/mol. The van der Waals surface area contributed by atoms with Crippen molar-refractivity contribution in [3.05, 3.63) is 64.7 Å². The molecule has 2 aromatic carbocycles. The Morgan fingerprint density at radius 3 is 2.31 bits per heavy atom. The zero-order valence-corrected chi connectivity index (χ0v) is 16.3. The fourth-order valence-corrected chi connectivity index (χ4v) is 2.73. The molecule has 0 aliphatic heterocycles. The Hall–Kier alpha value is -2.33. The van der Waals surface area contributed by atoms with Crippen LogP contribution in [0.1, 0.15) is 36.1 Å². The van der Waals surface area contributed by atoms with Crippen LogP contribution < -0.4 is 10.1 Å². The van der Waals surface area contributed by atoms with Gasteiger partial charge in [-0.05, 0) is 55.3 Å². The maximum atomic E-state index is 12.0. The molecular weight excluding hydrogens is 324 g/mol. The zero-order chi connectivity index (χ0) is 18.9. The molecule has 140 valence electrons. The highest BCUT2D eigenvalue weighted by molar-refractivity contribution is 5.77. The SMILES string of the molecule is CCN(CC)Cc1ccc(CNC(=O)COc2cc(C)ccc2C)cc1. The van der Waals surface area contributed by atoms with E-state index in [1.807, 2.05) is 32.0 Å². The molecular formula is C22H30N2O2. The van der Waals surface area contributed by atoms with Gasteiger partial charge >= 0.3 is 0 Å². The first-order chi connectivity index (χ1) is 12.5. The molecule has 4 heteroatoms. The van der Waals surface area contributed by atoms with E-state index in [0.717, 1.165) is 42.1 Å². The fourth-order valence-electron chi connectivity index (χ4n) is 2.73. The summed E-state index contributed by atoms with van der Waals surface area (Å²) in [5, 5.41) is 2.91. The smallest absolute Gasteiger partial charge is 0.258 e. The molecule has 2 rings (SSSR count). The van der Waals surface area contributed by atoms with Crippen molar-refractivity contribution in [3.63, 3.8) is 0 Å². The number of rotatable bonds is 9. The van der Waals surface area contributed by atoms with Crippen molar-refractivity contribution in [2.75, 3.05) is 19.7 Å². The highest BCUT2D eigenvalue weighted by atomic mass is 16.5. The molecule has 0 bridgehead atoms. The highest BCUT2D eigenvalue weighted by Crippen LogP contribution is 2.18. The third kappa shape index (κ3) is 6.19. The maximum Gasteiger partial charge on any atom is 0.258 e. The van der Waals surface area contributed by atoms with Crippen LogP contribution in [0.5, 0.6) is 5.75 Å². The minimum Gasteiger partial charge on any atom is -0.483 e. The summed E-state index contributed by atoms with van der Waals surface area (Å²) in [5.74, 6) is 0.652. The number of nitrogens with one attached hydrogen (secondary N) is 1. The van der Waals surface area contributed by atoms with Gasteiger partial charge in [0.25, 0.3) is 5.91 Å². The zero-order valence-electron chi connectivity index (χ0n) is 16.3. The Labute approximate surface area is 157 Å². The predicted octanol–water partition coefficient (Wildman–Crippen LogP) is 3.84. The Bertz CT molecular complexity index is 707. The molecule has 0 aromatic heterocycles. The van der Waals surface area contributed by atoms with Crippen molar-refractivity contribution in [2.45, 2.75) is 40.8 Å². The van der Waals surface area contributed by atoms with Gasteiger partial charge in [0.2, 0.25) is 0 Å². The van der Waals surface area contributed by atoms with Gasteiger partial charge in [-0.1, -0.05) is 50.2 Å². The monoisotopic (exact) mass is 354 g/mol. The largest absolute Gasteiger partial charge is 0.483 e. The molecule has 1 N–H and O–H groups in total. The second-order valence-corrected chi connectivity index (χ2v) is 6.61. The van der Waals surface area contributed by atoms with Gasteiger partial charge in [-0.25, -0.2) is 0 Å². The average Bonchev–Trinajstić information content (AvgIpc) is 2.66. The standard InChI is InChI=1S/C22H30N2O2/c1-5-24(6-2)15-20-11-9-19(10-12-20)14-23-22(25)16-26-21-13-17(3)7-8-18(21)4/h7-13H,5-6,14-16H2,1-4H3,(H,23,25). The highest BCUT2D eigenvalue weighted by Gasteiger charge is 2.06. The number of hydrogen-bond acceptors (Lipinski definition) is 3. The van der Waals surface area contributed by atoms with Crippen molar-refractivity contribution >= 4 is 5.91 Å². The van der Waals surface area contributed by atoms with Crippen LogP contribution in [0.2, 0.25) is 0 Å². The van der Waals surface area contributed by atoms with Crippen LogP contribution in [0.3, 0.4) is 0 Å². The van der Waals surface area contributed by atoms with Crippen molar-refractivity contribution in [1.29, 1.82) is 0 Å². The maximum absolute atomic E-state index is 12.0.